The van der Waals surface area contributed by atoms with Gasteiger partial charge in [0.05, 0.1) is 12.0 Å². The Morgan fingerprint density at radius 2 is 2.12 bits per heavy atom. The van der Waals surface area contributed by atoms with Gasteiger partial charge in [0.15, 0.2) is 5.82 Å². The highest BCUT2D eigenvalue weighted by molar-refractivity contribution is 6.30. The third-order valence-electron chi connectivity index (χ3n) is 3.99. The van der Waals surface area contributed by atoms with Gasteiger partial charge in [0.1, 0.15) is 0 Å². The summed E-state index contributed by atoms with van der Waals surface area (Å²) in [6.07, 6.45) is 0.233. The second-order valence-corrected chi connectivity index (χ2v) is 6.31. The number of hydrogen-bond acceptors (Lipinski definition) is 5. The maximum absolute atomic E-state index is 12.2. The van der Waals surface area contributed by atoms with Crippen molar-refractivity contribution in [2.24, 2.45) is 5.92 Å². The first-order valence-electron chi connectivity index (χ1n) is 7.58. The second kappa shape index (κ2) is 6.60. The minimum Gasteiger partial charge on any atom is -0.346 e. The Morgan fingerprint density at radius 1 is 1.42 bits per heavy atom. The van der Waals surface area contributed by atoms with Crippen molar-refractivity contribution >= 4 is 23.4 Å². The van der Waals surface area contributed by atoms with Crippen LogP contribution in [0, 0.1) is 5.92 Å². The van der Waals surface area contributed by atoms with Gasteiger partial charge in [0.25, 0.3) is 5.89 Å². The van der Waals surface area contributed by atoms with Crippen molar-refractivity contribution in [1.82, 2.24) is 20.4 Å². The minimum atomic E-state index is -0.414. The molecule has 0 radical (unpaired) electrons. The molecule has 0 spiro atoms. The van der Waals surface area contributed by atoms with Crippen molar-refractivity contribution in [2.45, 2.75) is 19.4 Å². The molecule has 7 nitrogen and oxygen atoms in total. The monoisotopic (exact) mass is 348 g/mol. The summed E-state index contributed by atoms with van der Waals surface area (Å²) in [4.78, 5) is 29.6. The number of likely N-dealkylation sites (tertiary alicyclic amines) is 1. The summed E-state index contributed by atoms with van der Waals surface area (Å²) in [5, 5.41) is 7.36. The highest BCUT2D eigenvalue weighted by atomic mass is 35.5. The first-order valence-corrected chi connectivity index (χ1v) is 7.95. The van der Waals surface area contributed by atoms with E-state index in [0.717, 1.165) is 5.56 Å². The molecule has 2 heterocycles. The zero-order valence-electron chi connectivity index (χ0n) is 13.3. The van der Waals surface area contributed by atoms with Crippen LogP contribution in [0.5, 0.6) is 0 Å². The fourth-order valence-corrected chi connectivity index (χ4v) is 2.68. The van der Waals surface area contributed by atoms with E-state index in [2.05, 4.69) is 15.5 Å². The van der Waals surface area contributed by atoms with E-state index in [0.29, 0.717) is 23.3 Å². The van der Waals surface area contributed by atoms with Crippen LogP contribution < -0.4 is 5.32 Å². The average molecular weight is 349 g/mol. The molecule has 1 N–H and O–H groups in total. The topological polar surface area (TPSA) is 88.3 Å². The Morgan fingerprint density at radius 3 is 2.75 bits per heavy atom. The molecular weight excluding hydrogens is 332 g/mol. The average Bonchev–Trinajstić information content (AvgIpc) is 3.16. The largest absolute Gasteiger partial charge is 0.346 e. The van der Waals surface area contributed by atoms with E-state index in [1.54, 1.807) is 43.1 Å². The first-order chi connectivity index (χ1) is 11.4. The fourth-order valence-electron chi connectivity index (χ4n) is 2.56. The molecule has 1 aromatic carbocycles. The molecule has 0 unspecified atom stereocenters. The number of aromatic nitrogens is 2. The minimum absolute atomic E-state index is 0.0209. The Balaban J connectivity index is 1.65. The lowest BCUT2D eigenvalue weighted by molar-refractivity contribution is -0.128. The van der Waals surface area contributed by atoms with Crippen molar-refractivity contribution in [3.05, 3.63) is 35.1 Å². The molecule has 2 amide bonds. The van der Waals surface area contributed by atoms with Crippen LogP contribution in [0.2, 0.25) is 5.02 Å². The molecular formula is C16H17ClN4O3. The highest BCUT2D eigenvalue weighted by Crippen LogP contribution is 2.22. The summed E-state index contributed by atoms with van der Waals surface area (Å²) in [6.45, 7) is 2.20. The van der Waals surface area contributed by atoms with E-state index in [4.69, 9.17) is 16.1 Å². The molecule has 1 aliphatic heterocycles. The predicted molar refractivity (Wildman–Crippen MR) is 87.0 cm³/mol. The molecule has 0 aliphatic carbocycles. The zero-order chi connectivity index (χ0) is 17.3. The molecule has 126 valence electrons. The normalized spacial score (nSPS) is 18.7. The number of nitrogens with zero attached hydrogens (tertiary/aromatic N) is 3. The number of carbonyl (C=O) groups excluding carboxylic acids is 2. The van der Waals surface area contributed by atoms with Crippen LogP contribution in [0.4, 0.5) is 0 Å². The quantitative estimate of drug-likeness (QED) is 0.913. The van der Waals surface area contributed by atoms with Gasteiger partial charge in [0.2, 0.25) is 11.8 Å². The van der Waals surface area contributed by atoms with Gasteiger partial charge in [-0.25, -0.2) is 0 Å². The molecule has 1 aromatic heterocycles. The molecule has 0 saturated carbocycles. The van der Waals surface area contributed by atoms with Crippen molar-refractivity contribution < 1.29 is 14.1 Å². The molecule has 1 saturated heterocycles. The Kier molecular flexibility index (Phi) is 4.53. The van der Waals surface area contributed by atoms with Gasteiger partial charge in [-0.2, -0.15) is 4.98 Å². The van der Waals surface area contributed by atoms with Gasteiger partial charge in [-0.3, -0.25) is 9.59 Å². The van der Waals surface area contributed by atoms with Crippen molar-refractivity contribution in [3.63, 3.8) is 0 Å². The SMILES string of the molecule is C[C@H](NC(=O)[C@@H]1CC(=O)N(C)C1)c1noc(-c2ccc(Cl)cc2)n1. The van der Waals surface area contributed by atoms with Crippen LogP contribution in [0.3, 0.4) is 0 Å². The standard InChI is InChI=1S/C16H17ClN4O3/c1-9(18-15(23)11-7-13(22)21(2)8-11)14-19-16(24-20-14)10-3-5-12(17)6-4-10/h3-6,9,11H,7-8H2,1-2H3,(H,18,23)/t9-,11+/m0/s1. The predicted octanol–water partition coefficient (Wildman–Crippen LogP) is 2.05. The van der Waals surface area contributed by atoms with Crippen LogP contribution in [0.25, 0.3) is 11.5 Å². The van der Waals surface area contributed by atoms with Crippen LogP contribution >= 0.6 is 11.6 Å². The molecule has 2 atom stereocenters. The molecule has 3 rings (SSSR count). The summed E-state index contributed by atoms with van der Waals surface area (Å²) in [7, 11) is 1.69. The van der Waals surface area contributed by atoms with Crippen molar-refractivity contribution in [3.8, 4) is 11.5 Å². The summed E-state index contributed by atoms with van der Waals surface area (Å²) in [6, 6.07) is 6.62. The van der Waals surface area contributed by atoms with Crippen LogP contribution in [-0.4, -0.2) is 40.4 Å². The number of rotatable bonds is 4. The van der Waals surface area contributed by atoms with Crippen LogP contribution in [-0.2, 0) is 9.59 Å². The maximum Gasteiger partial charge on any atom is 0.257 e. The zero-order valence-corrected chi connectivity index (χ0v) is 14.1. The molecule has 24 heavy (non-hydrogen) atoms. The van der Waals surface area contributed by atoms with Crippen molar-refractivity contribution in [1.29, 1.82) is 0 Å². The number of nitrogens with one attached hydrogen (secondary N) is 1. The number of halogens is 1. The van der Waals surface area contributed by atoms with Gasteiger partial charge < -0.3 is 14.7 Å². The smallest absolute Gasteiger partial charge is 0.257 e. The van der Waals surface area contributed by atoms with Gasteiger partial charge in [0, 0.05) is 30.6 Å². The lowest BCUT2D eigenvalue weighted by atomic mass is 10.1. The lowest BCUT2D eigenvalue weighted by Crippen LogP contribution is -2.34. The fraction of sp³-hybridized carbons (Fsp3) is 0.375. The molecule has 1 aliphatic rings. The van der Waals surface area contributed by atoms with Gasteiger partial charge >= 0.3 is 0 Å². The van der Waals surface area contributed by atoms with Gasteiger partial charge in [-0.15, -0.1) is 0 Å². The number of hydrogen-bond donors (Lipinski definition) is 1. The van der Waals surface area contributed by atoms with Crippen LogP contribution in [0.15, 0.2) is 28.8 Å². The summed E-state index contributed by atoms with van der Waals surface area (Å²) >= 11 is 5.85. The Hall–Kier alpha value is -2.41. The molecule has 8 heteroatoms. The van der Waals surface area contributed by atoms with E-state index < -0.39 is 6.04 Å². The number of carbonyl (C=O) groups is 2. The molecule has 0 bridgehead atoms. The third kappa shape index (κ3) is 3.41. The van der Waals surface area contributed by atoms with Crippen LogP contribution in [0.1, 0.15) is 25.2 Å². The number of amides is 2. The van der Waals surface area contributed by atoms with E-state index in [-0.39, 0.29) is 24.2 Å². The van der Waals surface area contributed by atoms with E-state index in [1.165, 1.54) is 0 Å². The van der Waals surface area contributed by atoms with E-state index in [9.17, 15) is 9.59 Å². The first kappa shape index (κ1) is 16.4. The second-order valence-electron chi connectivity index (χ2n) is 5.87. The van der Waals surface area contributed by atoms with E-state index >= 15 is 0 Å². The summed E-state index contributed by atoms with van der Waals surface area (Å²) in [5.74, 6) is 0.197. The molecule has 2 aromatic rings. The van der Waals surface area contributed by atoms with Crippen molar-refractivity contribution in [2.75, 3.05) is 13.6 Å². The Labute approximate surface area is 144 Å². The third-order valence-corrected chi connectivity index (χ3v) is 4.24. The van der Waals surface area contributed by atoms with E-state index in [1.807, 2.05) is 0 Å². The van der Waals surface area contributed by atoms with Gasteiger partial charge in [-0.1, -0.05) is 16.8 Å². The summed E-state index contributed by atoms with van der Waals surface area (Å²) < 4.78 is 5.24. The molecule has 1 fully saturated rings. The lowest BCUT2D eigenvalue weighted by Gasteiger charge is -2.14. The summed E-state index contributed by atoms with van der Waals surface area (Å²) in [5.41, 5.74) is 0.750. The maximum atomic E-state index is 12.2. The highest BCUT2D eigenvalue weighted by Gasteiger charge is 2.33. The Bertz CT molecular complexity index is 759. The van der Waals surface area contributed by atoms with Gasteiger partial charge in [-0.05, 0) is 31.2 Å². The number of benzene rings is 1.